The number of halogens is 2. The fourth-order valence-electron chi connectivity index (χ4n) is 2.93. The normalized spacial score (nSPS) is 12.2. The Morgan fingerprint density at radius 1 is 0.900 bits per heavy atom. The largest absolute Gasteiger partial charge is 0.345 e. The van der Waals surface area contributed by atoms with Gasteiger partial charge in [-0.1, -0.05) is 71.7 Å². The Morgan fingerprint density at radius 2 is 1.50 bits per heavy atom. The highest BCUT2D eigenvalue weighted by atomic mass is 35.5. The van der Waals surface area contributed by atoms with Gasteiger partial charge in [0.05, 0.1) is 23.0 Å². The van der Waals surface area contributed by atoms with E-state index in [2.05, 4.69) is 10.0 Å². The molecular formula is C22H20Cl2N2O3S. The third-order valence-electron chi connectivity index (χ3n) is 4.48. The van der Waals surface area contributed by atoms with Gasteiger partial charge >= 0.3 is 0 Å². The number of carbonyl (C=O) groups excluding carboxylic acids is 1. The van der Waals surface area contributed by atoms with Crippen LogP contribution in [0.2, 0.25) is 10.0 Å². The Kier molecular flexibility index (Phi) is 7.02. The van der Waals surface area contributed by atoms with Crippen LogP contribution in [0, 0.1) is 0 Å². The Balaban J connectivity index is 1.80. The fourth-order valence-corrected chi connectivity index (χ4v) is 4.90. The second-order valence-electron chi connectivity index (χ2n) is 6.71. The summed E-state index contributed by atoms with van der Waals surface area (Å²) in [6, 6.07) is 20.5. The van der Waals surface area contributed by atoms with Crippen LogP contribution >= 0.6 is 23.2 Å². The molecule has 5 nitrogen and oxygen atoms in total. The number of para-hydroxylation sites is 1. The van der Waals surface area contributed by atoms with Gasteiger partial charge in [-0.15, -0.1) is 0 Å². The lowest BCUT2D eigenvalue weighted by Crippen LogP contribution is -2.28. The molecule has 0 radical (unpaired) electrons. The van der Waals surface area contributed by atoms with Gasteiger partial charge in [-0.05, 0) is 36.8 Å². The predicted octanol–water partition coefficient (Wildman–Crippen LogP) is 5.43. The van der Waals surface area contributed by atoms with Gasteiger partial charge in [-0.25, -0.2) is 8.42 Å². The second-order valence-corrected chi connectivity index (χ2v) is 9.25. The number of benzene rings is 3. The van der Waals surface area contributed by atoms with Gasteiger partial charge in [-0.2, -0.15) is 0 Å². The van der Waals surface area contributed by atoms with Crippen LogP contribution in [-0.4, -0.2) is 14.3 Å². The summed E-state index contributed by atoms with van der Waals surface area (Å²) in [6.07, 6.45) is 0. The molecule has 0 fully saturated rings. The maximum atomic E-state index is 12.8. The van der Waals surface area contributed by atoms with E-state index in [4.69, 9.17) is 23.2 Å². The van der Waals surface area contributed by atoms with Crippen LogP contribution in [0.1, 0.15) is 34.5 Å². The fraction of sp³-hybridized carbons (Fsp3) is 0.136. The average Bonchev–Trinajstić information content (AvgIpc) is 2.71. The van der Waals surface area contributed by atoms with Crippen molar-refractivity contribution in [3.05, 3.63) is 99.5 Å². The first kappa shape index (κ1) is 22.2. The number of anilines is 1. The van der Waals surface area contributed by atoms with E-state index in [1.807, 2.05) is 37.3 Å². The Hall–Kier alpha value is -2.54. The van der Waals surface area contributed by atoms with Gasteiger partial charge in [0.1, 0.15) is 0 Å². The summed E-state index contributed by atoms with van der Waals surface area (Å²) in [7, 11) is -3.87. The molecule has 0 aliphatic rings. The minimum atomic E-state index is -3.87. The van der Waals surface area contributed by atoms with E-state index in [9.17, 15) is 13.2 Å². The van der Waals surface area contributed by atoms with Crippen molar-refractivity contribution in [3.8, 4) is 0 Å². The van der Waals surface area contributed by atoms with Crippen molar-refractivity contribution in [3.63, 3.8) is 0 Å². The van der Waals surface area contributed by atoms with Gasteiger partial charge in [0, 0.05) is 15.6 Å². The molecule has 0 aromatic heterocycles. The molecule has 156 valence electrons. The molecule has 2 N–H and O–H groups in total. The summed E-state index contributed by atoms with van der Waals surface area (Å²) < 4.78 is 27.9. The zero-order valence-electron chi connectivity index (χ0n) is 16.1. The number of hydrogen-bond acceptors (Lipinski definition) is 3. The van der Waals surface area contributed by atoms with E-state index in [0.29, 0.717) is 5.56 Å². The van der Waals surface area contributed by atoms with Crippen molar-refractivity contribution in [1.29, 1.82) is 0 Å². The lowest BCUT2D eigenvalue weighted by Gasteiger charge is -2.17. The topological polar surface area (TPSA) is 75.3 Å². The standard InChI is InChI=1S/C22H20Cl2N2O3S/c1-15(16-8-3-2-4-9-16)25-22(27)17-10-5-6-13-21(17)26-30(28,29)14-18-19(23)11-7-12-20(18)24/h2-13,15,26H,14H2,1H3,(H,25,27)/t15-/m0/s1. The molecule has 0 aliphatic carbocycles. The molecule has 3 aromatic carbocycles. The lowest BCUT2D eigenvalue weighted by atomic mass is 10.1. The van der Waals surface area contributed by atoms with E-state index in [-0.39, 0.29) is 33.2 Å². The first-order valence-electron chi connectivity index (χ1n) is 9.15. The second kappa shape index (κ2) is 9.51. The van der Waals surface area contributed by atoms with Crippen molar-refractivity contribution in [2.24, 2.45) is 0 Å². The SMILES string of the molecule is C[C@H](NC(=O)c1ccccc1NS(=O)(=O)Cc1c(Cl)cccc1Cl)c1ccccc1. The molecular weight excluding hydrogens is 443 g/mol. The Bertz CT molecular complexity index is 1130. The van der Waals surface area contributed by atoms with Crippen LogP contribution in [0.5, 0.6) is 0 Å². The number of rotatable bonds is 7. The highest BCUT2D eigenvalue weighted by molar-refractivity contribution is 7.91. The van der Waals surface area contributed by atoms with Gasteiger partial charge in [0.2, 0.25) is 10.0 Å². The smallest absolute Gasteiger partial charge is 0.253 e. The predicted molar refractivity (Wildman–Crippen MR) is 121 cm³/mol. The van der Waals surface area contributed by atoms with Crippen LogP contribution in [0.15, 0.2) is 72.8 Å². The van der Waals surface area contributed by atoms with Crippen molar-refractivity contribution in [1.82, 2.24) is 5.32 Å². The molecule has 1 amide bonds. The number of carbonyl (C=O) groups is 1. The summed E-state index contributed by atoms with van der Waals surface area (Å²) in [6.45, 7) is 1.86. The van der Waals surface area contributed by atoms with Gasteiger partial charge in [0.15, 0.2) is 0 Å². The molecule has 0 spiro atoms. The summed E-state index contributed by atoms with van der Waals surface area (Å²) in [5.74, 6) is -0.803. The average molecular weight is 463 g/mol. The molecule has 0 bridgehead atoms. The Labute approximate surface area is 186 Å². The lowest BCUT2D eigenvalue weighted by molar-refractivity contribution is 0.0941. The molecule has 3 aromatic rings. The van der Waals surface area contributed by atoms with Crippen LogP contribution in [0.4, 0.5) is 5.69 Å². The van der Waals surface area contributed by atoms with Crippen molar-refractivity contribution >= 4 is 44.8 Å². The van der Waals surface area contributed by atoms with Gasteiger partial charge in [-0.3, -0.25) is 9.52 Å². The quantitative estimate of drug-likeness (QED) is 0.491. The van der Waals surface area contributed by atoms with Crippen LogP contribution in [-0.2, 0) is 15.8 Å². The van der Waals surface area contributed by atoms with Crippen molar-refractivity contribution < 1.29 is 13.2 Å². The van der Waals surface area contributed by atoms with E-state index in [1.54, 1.807) is 36.4 Å². The molecule has 0 unspecified atom stereocenters. The maximum absolute atomic E-state index is 12.8. The molecule has 3 rings (SSSR count). The molecule has 1 atom stereocenters. The third-order valence-corrected chi connectivity index (χ3v) is 6.39. The zero-order chi connectivity index (χ0) is 21.7. The number of amides is 1. The number of nitrogens with one attached hydrogen (secondary N) is 2. The minimum absolute atomic E-state index is 0.179. The maximum Gasteiger partial charge on any atom is 0.253 e. The Morgan fingerprint density at radius 3 is 2.17 bits per heavy atom. The van der Waals surface area contributed by atoms with E-state index in [0.717, 1.165) is 5.56 Å². The van der Waals surface area contributed by atoms with E-state index in [1.165, 1.54) is 6.07 Å². The molecule has 8 heteroatoms. The van der Waals surface area contributed by atoms with E-state index >= 15 is 0 Å². The summed E-state index contributed by atoms with van der Waals surface area (Å²) in [5, 5.41) is 3.41. The molecule has 0 saturated heterocycles. The third kappa shape index (κ3) is 5.53. The summed E-state index contributed by atoms with van der Waals surface area (Å²) >= 11 is 12.2. The molecule has 0 heterocycles. The highest BCUT2D eigenvalue weighted by Gasteiger charge is 2.20. The van der Waals surface area contributed by atoms with E-state index < -0.39 is 15.8 Å². The highest BCUT2D eigenvalue weighted by Crippen LogP contribution is 2.27. The van der Waals surface area contributed by atoms with Crippen LogP contribution in [0.3, 0.4) is 0 Å². The zero-order valence-corrected chi connectivity index (χ0v) is 18.4. The molecule has 0 saturated carbocycles. The first-order chi connectivity index (χ1) is 14.3. The summed E-state index contributed by atoms with van der Waals surface area (Å²) in [4.78, 5) is 12.8. The first-order valence-corrected chi connectivity index (χ1v) is 11.6. The van der Waals surface area contributed by atoms with Gasteiger partial charge < -0.3 is 5.32 Å². The molecule has 30 heavy (non-hydrogen) atoms. The van der Waals surface area contributed by atoms with Crippen LogP contribution in [0.25, 0.3) is 0 Å². The van der Waals surface area contributed by atoms with Gasteiger partial charge in [0.25, 0.3) is 5.91 Å². The monoisotopic (exact) mass is 462 g/mol. The van der Waals surface area contributed by atoms with Crippen molar-refractivity contribution in [2.45, 2.75) is 18.7 Å². The number of hydrogen-bond donors (Lipinski definition) is 2. The van der Waals surface area contributed by atoms with Crippen LogP contribution < -0.4 is 10.0 Å². The summed E-state index contributed by atoms with van der Waals surface area (Å²) in [5.41, 5.74) is 1.64. The number of sulfonamides is 1. The minimum Gasteiger partial charge on any atom is -0.345 e. The van der Waals surface area contributed by atoms with Crippen molar-refractivity contribution in [2.75, 3.05) is 4.72 Å². The molecule has 0 aliphatic heterocycles.